The van der Waals surface area contributed by atoms with Gasteiger partial charge in [0.2, 0.25) is 11.8 Å². The molecule has 0 spiro atoms. The summed E-state index contributed by atoms with van der Waals surface area (Å²) in [6.45, 7) is 9.43. The molecule has 0 aromatic carbocycles. The van der Waals surface area contributed by atoms with Crippen LogP contribution in [-0.2, 0) is 14.3 Å². The highest BCUT2D eigenvalue weighted by molar-refractivity contribution is 5.90. The number of carbonyl (C=O) groups is 2. The van der Waals surface area contributed by atoms with Crippen molar-refractivity contribution < 1.29 is 14.3 Å². The Morgan fingerprint density at radius 2 is 2.10 bits per heavy atom. The molecule has 0 saturated carbocycles. The van der Waals surface area contributed by atoms with Gasteiger partial charge in [-0.2, -0.15) is 0 Å². The van der Waals surface area contributed by atoms with E-state index in [9.17, 15) is 9.59 Å². The zero-order valence-electron chi connectivity index (χ0n) is 12.9. The van der Waals surface area contributed by atoms with E-state index < -0.39 is 12.1 Å². The second-order valence-corrected chi connectivity index (χ2v) is 6.26. The van der Waals surface area contributed by atoms with Gasteiger partial charge in [0.05, 0.1) is 19.3 Å². The van der Waals surface area contributed by atoms with Crippen LogP contribution in [0.4, 0.5) is 0 Å². The number of ether oxygens (including phenoxy) is 1. The Hall–Kier alpha value is -1.14. The summed E-state index contributed by atoms with van der Waals surface area (Å²) in [6, 6.07) is -1.20. The van der Waals surface area contributed by atoms with Crippen LogP contribution >= 0.6 is 0 Å². The van der Waals surface area contributed by atoms with E-state index in [2.05, 4.69) is 5.32 Å². The van der Waals surface area contributed by atoms with Gasteiger partial charge in [-0.3, -0.25) is 9.59 Å². The van der Waals surface area contributed by atoms with Crippen LogP contribution < -0.4 is 11.1 Å². The van der Waals surface area contributed by atoms with Crippen LogP contribution in [-0.4, -0.2) is 55.1 Å². The molecule has 6 nitrogen and oxygen atoms in total. The second-order valence-electron chi connectivity index (χ2n) is 6.26. The molecule has 116 valence electrons. The normalized spacial score (nSPS) is 21.4. The van der Waals surface area contributed by atoms with Gasteiger partial charge in [0.25, 0.3) is 0 Å². The van der Waals surface area contributed by atoms with Crippen molar-refractivity contribution >= 4 is 11.8 Å². The number of hydrogen-bond acceptors (Lipinski definition) is 4. The van der Waals surface area contributed by atoms with E-state index in [4.69, 9.17) is 10.5 Å². The van der Waals surface area contributed by atoms with Gasteiger partial charge in [-0.1, -0.05) is 27.7 Å². The summed E-state index contributed by atoms with van der Waals surface area (Å²) in [7, 11) is 0. The minimum atomic E-state index is -0.623. The van der Waals surface area contributed by atoms with E-state index >= 15 is 0 Å². The molecule has 6 heteroatoms. The number of nitrogens with zero attached hydrogens (tertiary/aromatic N) is 1. The Labute approximate surface area is 121 Å². The van der Waals surface area contributed by atoms with Crippen LogP contribution in [0.15, 0.2) is 0 Å². The third-order valence-electron chi connectivity index (χ3n) is 3.46. The molecule has 2 unspecified atom stereocenters. The quantitative estimate of drug-likeness (QED) is 0.768. The van der Waals surface area contributed by atoms with Crippen molar-refractivity contribution in [2.75, 3.05) is 26.3 Å². The van der Waals surface area contributed by atoms with Gasteiger partial charge < -0.3 is 20.7 Å². The third kappa shape index (κ3) is 4.18. The molecule has 0 aromatic rings. The fourth-order valence-corrected chi connectivity index (χ4v) is 2.00. The van der Waals surface area contributed by atoms with Gasteiger partial charge in [-0.05, 0) is 11.8 Å². The van der Waals surface area contributed by atoms with E-state index in [1.165, 1.54) is 0 Å². The maximum atomic E-state index is 12.5. The van der Waals surface area contributed by atoms with Gasteiger partial charge in [-0.15, -0.1) is 0 Å². The zero-order chi connectivity index (χ0) is 15.3. The predicted molar refractivity (Wildman–Crippen MR) is 77.1 cm³/mol. The Balaban J connectivity index is 2.78. The number of hydrogen-bond donors (Lipinski definition) is 2. The molecule has 1 fully saturated rings. The molecular weight excluding hydrogens is 258 g/mol. The molecule has 20 heavy (non-hydrogen) atoms. The van der Waals surface area contributed by atoms with Crippen molar-refractivity contribution in [2.45, 2.75) is 46.2 Å². The fourth-order valence-electron chi connectivity index (χ4n) is 2.00. The maximum absolute atomic E-state index is 12.5. The van der Waals surface area contributed by atoms with Crippen LogP contribution in [0.25, 0.3) is 0 Å². The first-order valence-electron chi connectivity index (χ1n) is 7.20. The molecular formula is C14H27N3O3. The van der Waals surface area contributed by atoms with Gasteiger partial charge in [0.15, 0.2) is 0 Å². The minimum Gasteiger partial charge on any atom is -0.377 e. The Bertz CT molecular complexity index is 352. The highest BCUT2D eigenvalue weighted by atomic mass is 16.5. The van der Waals surface area contributed by atoms with Gasteiger partial charge in [-0.25, -0.2) is 0 Å². The Morgan fingerprint density at radius 3 is 2.65 bits per heavy atom. The van der Waals surface area contributed by atoms with Crippen LogP contribution in [0, 0.1) is 5.41 Å². The number of morpholine rings is 1. The number of carbonyl (C=O) groups excluding carboxylic acids is 2. The minimum absolute atomic E-state index is 0.166. The summed E-state index contributed by atoms with van der Waals surface area (Å²) in [5.41, 5.74) is 5.69. The van der Waals surface area contributed by atoms with Crippen molar-refractivity contribution in [3.8, 4) is 0 Å². The van der Waals surface area contributed by atoms with E-state index in [1.807, 2.05) is 27.7 Å². The van der Waals surface area contributed by atoms with Crippen molar-refractivity contribution in [1.82, 2.24) is 10.2 Å². The number of nitrogens with two attached hydrogens (primary N) is 1. The molecule has 1 saturated heterocycles. The molecule has 0 radical (unpaired) electrons. The van der Waals surface area contributed by atoms with E-state index in [-0.39, 0.29) is 23.8 Å². The number of nitrogens with one attached hydrogen (secondary N) is 1. The molecule has 0 aliphatic carbocycles. The second kappa shape index (κ2) is 7.04. The summed E-state index contributed by atoms with van der Waals surface area (Å²) >= 11 is 0. The SMILES string of the molecule is CCCNC(=O)C1COCCN1C(=O)C(N)C(C)(C)C. The molecule has 1 aliphatic rings. The molecule has 1 heterocycles. The number of amides is 2. The monoisotopic (exact) mass is 285 g/mol. The summed E-state index contributed by atoms with van der Waals surface area (Å²) < 4.78 is 5.33. The molecule has 2 amide bonds. The first kappa shape index (κ1) is 16.9. The molecule has 2 atom stereocenters. The highest BCUT2D eigenvalue weighted by Gasteiger charge is 2.38. The fraction of sp³-hybridized carbons (Fsp3) is 0.857. The third-order valence-corrected chi connectivity index (χ3v) is 3.46. The average molecular weight is 285 g/mol. The van der Waals surface area contributed by atoms with Crippen molar-refractivity contribution in [3.05, 3.63) is 0 Å². The lowest BCUT2D eigenvalue weighted by Gasteiger charge is -2.38. The average Bonchev–Trinajstić information content (AvgIpc) is 2.42. The molecule has 0 bridgehead atoms. The predicted octanol–water partition coefficient (Wildman–Crippen LogP) is 0.113. The molecule has 3 N–H and O–H groups in total. The first-order valence-corrected chi connectivity index (χ1v) is 7.20. The molecule has 0 aromatic heterocycles. The van der Waals surface area contributed by atoms with Crippen molar-refractivity contribution in [1.29, 1.82) is 0 Å². The largest absolute Gasteiger partial charge is 0.377 e. The van der Waals surface area contributed by atoms with E-state index in [0.29, 0.717) is 19.7 Å². The summed E-state index contributed by atoms with van der Waals surface area (Å²) in [5, 5.41) is 2.81. The first-order chi connectivity index (χ1) is 9.29. The Kier molecular flexibility index (Phi) is 5.95. The lowest BCUT2D eigenvalue weighted by molar-refractivity contribution is -0.151. The lowest BCUT2D eigenvalue weighted by Crippen LogP contribution is -2.61. The van der Waals surface area contributed by atoms with E-state index in [1.54, 1.807) is 4.90 Å². The lowest BCUT2D eigenvalue weighted by atomic mass is 9.86. The summed E-state index contributed by atoms with van der Waals surface area (Å²) in [4.78, 5) is 26.2. The summed E-state index contributed by atoms with van der Waals surface area (Å²) in [6.07, 6.45) is 0.856. The van der Waals surface area contributed by atoms with Crippen LogP contribution in [0.2, 0.25) is 0 Å². The van der Waals surface area contributed by atoms with Crippen molar-refractivity contribution in [2.24, 2.45) is 11.1 Å². The molecule has 1 rings (SSSR count). The van der Waals surface area contributed by atoms with E-state index in [0.717, 1.165) is 6.42 Å². The number of rotatable bonds is 4. The zero-order valence-corrected chi connectivity index (χ0v) is 12.9. The topological polar surface area (TPSA) is 84.7 Å². The molecule has 1 aliphatic heterocycles. The maximum Gasteiger partial charge on any atom is 0.245 e. The Morgan fingerprint density at radius 1 is 1.45 bits per heavy atom. The van der Waals surface area contributed by atoms with Gasteiger partial charge in [0.1, 0.15) is 6.04 Å². The standard InChI is InChI=1S/C14H27N3O3/c1-5-6-16-12(18)10-9-20-8-7-17(10)13(19)11(15)14(2,3)4/h10-11H,5-9,15H2,1-4H3,(H,16,18). The summed E-state index contributed by atoms with van der Waals surface area (Å²) in [5.74, 6) is -0.349. The van der Waals surface area contributed by atoms with Gasteiger partial charge >= 0.3 is 0 Å². The smallest absolute Gasteiger partial charge is 0.245 e. The van der Waals surface area contributed by atoms with Crippen LogP contribution in [0.1, 0.15) is 34.1 Å². The van der Waals surface area contributed by atoms with Crippen LogP contribution in [0.3, 0.4) is 0 Å². The van der Waals surface area contributed by atoms with Crippen molar-refractivity contribution in [3.63, 3.8) is 0 Å². The van der Waals surface area contributed by atoms with Gasteiger partial charge in [0, 0.05) is 13.1 Å². The van der Waals surface area contributed by atoms with Crippen LogP contribution in [0.5, 0.6) is 0 Å². The highest BCUT2D eigenvalue weighted by Crippen LogP contribution is 2.21.